The van der Waals surface area contributed by atoms with Crippen LogP contribution >= 0.6 is 0 Å². The van der Waals surface area contributed by atoms with Crippen molar-refractivity contribution in [1.82, 2.24) is 0 Å². The first-order chi connectivity index (χ1) is 3.72. The second kappa shape index (κ2) is 3.61. The van der Waals surface area contributed by atoms with Gasteiger partial charge in [-0.1, -0.05) is 6.92 Å². The average Bonchev–Trinajstić information content (AvgIpc) is 1.69. The minimum atomic E-state index is 0.0926. The van der Waals surface area contributed by atoms with Crippen LogP contribution in [0.2, 0.25) is 0 Å². The molecule has 8 heavy (non-hydrogen) atoms. The summed E-state index contributed by atoms with van der Waals surface area (Å²) in [5, 5.41) is 0. The Hall–Kier alpha value is -0.370. The molecule has 1 atom stereocenters. The molecule has 0 heterocycles. The average molecular weight is 115 g/mol. The monoisotopic (exact) mass is 115 g/mol. The third kappa shape index (κ3) is 2.07. The van der Waals surface area contributed by atoms with Crippen molar-refractivity contribution in [1.29, 1.82) is 0 Å². The Labute approximate surface area is 50.1 Å². The van der Waals surface area contributed by atoms with Crippen LogP contribution in [-0.2, 0) is 4.79 Å². The topological polar surface area (TPSA) is 43.1 Å². The number of Topliss-reactive ketones (excluding diaryl/α,β-unsaturated/α-hetero) is 1. The highest BCUT2D eigenvalue weighted by Crippen LogP contribution is 1.99. The fraction of sp³-hybridized carbons (Fsp3) is 0.833. The summed E-state index contributed by atoms with van der Waals surface area (Å²) in [4.78, 5) is 10.5. The standard InChI is InChI=1S/C6H13NO/c1-3-6(4-7)5(2)8/h6H,3-4,7H2,1-2H3. The van der Waals surface area contributed by atoms with E-state index in [9.17, 15) is 4.79 Å². The Balaban J connectivity index is 3.52. The van der Waals surface area contributed by atoms with Crippen LogP contribution in [0.1, 0.15) is 20.3 Å². The highest BCUT2D eigenvalue weighted by Gasteiger charge is 2.06. The summed E-state index contributed by atoms with van der Waals surface area (Å²) in [6.07, 6.45) is 0.867. The van der Waals surface area contributed by atoms with Gasteiger partial charge in [0.25, 0.3) is 0 Å². The number of nitrogens with two attached hydrogens (primary N) is 1. The lowest BCUT2D eigenvalue weighted by molar-refractivity contribution is -0.120. The van der Waals surface area contributed by atoms with Gasteiger partial charge in [0, 0.05) is 12.5 Å². The summed E-state index contributed by atoms with van der Waals surface area (Å²) in [6, 6.07) is 0. The van der Waals surface area contributed by atoms with Crippen LogP contribution in [0, 0.1) is 5.92 Å². The molecule has 2 N–H and O–H groups in total. The van der Waals surface area contributed by atoms with E-state index in [0.29, 0.717) is 6.54 Å². The molecule has 0 aromatic rings. The molecule has 48 valence electrons. The van der Waals surface area contributed by atoms with Crippen LogP contribution in [0.5, 0.6) is 0 Å². The molecule has 0 amide bonds. The van der Waals surface area contributed by atoms with E-state index >= 15 is 0 Å². The first-order valence-electron chi connectivity index (χ1n) is 2.92. The van der Waals surface area contributed by atoms with Gasteiger partial charge in [-0.05, 0) is 13.3 Å². The third-order valence-corrected chi connectivity index (χ3v) is 1.35. The van der Waals surface area contributed by atoms with E-state index in [-0.39, 0.29) is 11.7 Å². The number of carbonyl (C=O) groups excluding carboxylic acids is 1. The van der Waals surface area contributed by atoms with Crippen LogP contribution in [0.25, 0.3) is 0 Å². The molecule has 0 aromatic carbocycles. The molecule has 0 radical (unpaired) electrons. The van der Waals surface area contributed by atoms with Crippen LogP contribution in [-0.4, -0.2) is 12.3 Å². The smallest absolute Gasteiger partial charge is 0.134 e. The maximum absolute atomic E-state index is 10.5. The van der Waals surface area contributed by atoms with Crippen molar-refractivity contribution in [2.24, 2.45) is 11.7 Å². The minimum Gasteiger partial charge on any atom is -0.330 e. The van der Waals surface area contributed by atoms with E-state index in [1.54, 1.807) is 6.92 Å². The van der Waals surface area contributed by atoms with Crippen LogP contribution in [0.3, 0.4) is 0 Å². The number of hydrogen-bond acceptors (Lipinski definition) is 2. The lowest BCUT2D eigenvalue weighted by Gasteiger charge is -2.04. The van der Waals surface area contributed by atoms with E-state index < -0.39 is 0 Å². The van der Waals surface area contributed by atoms with Gasteiger partial charge >= 0.3 is 0 Å². The van der Waals surface area contributed by atoms with Gasteiger partial charge in [-0.15, -0.1) is 0 Å². The fourth-order valence-electron chi connectivity index (χ4n) is 0.620. The Morgan fingerprint density at radius 1 is 1.75 bits per heavy atom. The molecule has 0 aliphatic carbocycles. The predicted octanol–water partition coefficient (Wildman–Crippen LogP) is 0.560. The van der Waals surface area contributed by atoms with E-state index in [4.69, 9.17) is 5.73 Å². The first-order valence-corrected chi connectivity index (χ1v) is 2.92. The lowest BCUT2D eigenvalue weighted by atomic mass is 10.0. The molecule has 0 saturated heterocycles. The SMILES string of the molecule is CCC(CN)C(C)=O. The second-order valence-electron chi connectivity index (χ2n) is 1.95. The van der Waals surface area contributed by atoms with Crippen LogP contribution in [0.4, 0.5) is 0 Å². The highest BCUT2D eigenvalue weighted by atomic mass is 16.1. The molecular weight excluding hydrogens is 102 g/mol. The van der Waals surface area contributed by atoms with E-state index in [2.05, 4.69) is 0 Å². The van der Waals surface area contributed by atoms with Gasteiger partial charge in [0.05, 0.1) is 0 Å². The number of carbonyl (C=O) groups is 1. The van der Waals surface area contributed by atoms with Crippen molar-refractivity contribution < 1.29 is 4.79 Å². The number of rotatable bonds is 3. The maximum Gasteiger partial charge on any atom is 0.134 e. The molecular formula is C6H13NO. The zero-order valence-corrected chi connectivity index (χ0v) is 5.48. The van der Waals surface area contributed by atoms with E-state index in [1.165, 1.54) is 0 Å². The molecule has 0 aliphatic rings. The zero-order valence-electron chi connectivity index (χ0n) is 5.48. The van der Waals surface area contributed by atoms with Gasteiger partial charge in [0.1, 0.15) is 5.78 Å². The summed E-state index contributed by atoms with van der Waals surface area (Å²) in [7, 11) is 0. The highest BCUT2D eigenvalue weighted by molar-refractivity contribution is 5.78. The molecule has 1 unspecified atom stereocenters. The van der Waals surface area contributed by atoms with Crippen molar-refractivity contribution in [3.05, 3.63) is 0 Å². The molecule has 0 rings (SSSR count). The molecule has 0 aliphatic heterocycles. The zero-order chi connectivity index (χ0) is 6.57. The predicted molar refractivity (Wildman–Crippen MR) is 33.5 cm³/mol. The molecule has 2 heteroatoms. The summed E-state index contributed by atoms with van der Waals surface area (Å²) >= 11 is 0. The summed E-state index contributed by atoms with van der Waals surface area (Å²) in [5.74, 6) is 0.296. The van der Waals surface area contributed by atoms with Gasteiger partial charge in [0.2, 0.25) is 0 Å². The Bertz CT molecular complexity index is 76.6. The molecule has 0 spiro atoms. The van der Waals surface area contributed by atoms with E-state index in [1.807, 2.05) is 6.92 Å². The Morgan fingerprint density at radius 2 is 2.25 bits per heavy atom. The van der Waals surface area contributed by atoms with Gasteiger partial charge in [-0.2, -0.15) is 0 Å². The normalized spacial score (nSPS) is 13.4. The largest absolute Gasteiger partial charge is 0.330 e. The quantitative estimate of drug-likeness (QED) is 0.584. The number of ketones is 1. The van der Waals surface area contributed by atoms with Crippen molar-refractivity contribution in [2.75, 3.05) is 6.54 Å². The van der Waals surface area contributed by atoms with Crippen molar-refractivity contribution >= 4 is 5.78 Å². The van der Waals surface area contributed by atoms with E-state index in [0.717, 1.165) is 6.42 Å². The van der Waals surface area contributed by atoms with Gasteiger partial charge in [0.15, 0.2) is 0 Å². The second-order valence-corrected chi connectivity index (χ2v) is 1.95. The van der Waals surface area contributed by atoms with Gasteiger partial charge in [-0.3, -0.25) is 4.79 Å². The minimum absolute atomic E-state index is 0.0926. The maximum atomic E-state index is 10.5. The molecule has 0 bridgehead atoms. The molecule has 0 saturated carbocycles. The molecule has 2 nitrogen and oxygen atoms in total. The van der Waals surface area contributed by atoms with Crippen molar-refractivity contribution in [2.45, 2.75) is 20.3 Å². The van der Waals surface area contributed by atoms with Crippen molar-refractivity contribution in [3.63, 3.8) is 0 Å². The third-order valence-electron chi connectivity index (χ3n) is 1.35. The molecule has 0 fully saturated rings. The Kier molecular flexibility index (Phi) is 3.44. The summed E-state index contributed by atoms with van der Waals surface area (Å²) in [5.41, 5.74) is 5.26. The lowest BCUT2D eigenvalue weighted by Crippen LogP contribution is -2.20. The fourth-order valence-corrected chi connectivity index (χ4v) is 0.620. The van der Waals surface area contributed by atoms with Crippen LogP contribution in [0.15, 0.2) is 0 Å². The first kappa shape index (κ1) is 7.63. The van der Waals surface area contributed by atoms with Crippen LogP contribution < -0.4 is 5.73 Å². The Morgan fingerprint density at radius 3 is 2.25 bits per heavy atom. The molecule has 0 aromatic heterocycles. The van der Waals surface area contributed by atoms with Gasteiger partial charge < -0.3 is 5.73 Å². The summed E-state index contributed by atoms with van der Waals surface area (Å²) in [6.45, 7) is 4.05. The summed E-state index contributed by atoms with van der Waals surface area (Å²) < 4.78 is 0. The van der Waals surface area contributed by atoms with Gasteiger partial charge in [-0.25, -0.2) is 0 Å². The number of hydrogen-bond donors (Lipinski definition) is 1. The van der Waals surface area contributed by atoms with Crippen molar-refractivity contribution in [3.8, 4) is 0 Å².